The highest BCUT2D eigenvalue weighted by atomic mass is 16.5. The molecule has 0 atom stereocenters. The number of carboxylic acid groups (broad SMARTS) is 1. The Hall–Kier alpha value is -2.04. The molecule has 1 fully saturated rings. The first-order chi connectivity index (χ1) is 9.93. The van der Waals surface area contributed by atoms with Crippen LogP contribution in [-0.2, 0) is 9.59 Å². The topological polar surface area (TPSA) is 75.6 Å². The maximum atomic E-state index is 11.7. The lowest BCUT2D eigenvalue weighted by molar-refractivity contribution is -0.143. The summed E-state index contributed by atoms with van der Waals surface area (Å²) < 4.78 is 5.59. The third kappa shape index (κ3) is 3.97. The second-order valence-electron chi connectivity index (χ2n) is 5.63. The van der Waals surface area contributed by atoms with Crippen molar-refractivity contribution in [3.8, 4) is 5.75 Å². The van der Waals surface area contributed by atoms with Gasteiger partial charge in [0.1, 0.15) is 11.3 Å². The molecule has 5 nitrogen and oxygen atoms in total. The molecule has 2 N–H and O–H groups in total. The van der Waals surface area contributed by atoms with Gasteiger partial charge in [-0.2, -0.15) is 0 Å². The van der Waals surface area contributed by atoms with E-state index in [0.29, 0.717) is 25.9 Å². The van der Waals surface area contributed by atoms with Gasteiger partial charge in [0.05, 0.1) is 6.61 Å². The summed E-state index contributed by atoms with van der Waals surface area (Å²) in [7, 11) is 0. The summed E-state index contributed by atoms with van der Waals surface area (Å²) in [5.41, 5.74) is 1.39. The van der Waals surface area contributed by atoms with Crippen LogP contribution in [-0.4, -0.2) is 29.1 Å². The van der Waals surface area contributed by atoms with Crippen LogP contribution in [0.4, 0.5) is 0 Å². The van der Waals surface area contributed by atoms with Crippen LogP contribution < -0.4 is 10.1 Å². The molecule has 0 bridgehead atoms. The van der Waals surface area contributed by atoms with E-state index in [2.05, 4.69) is 5.32 Å². The lowest BCUT2D eigenvalue weighted by atomic mass is 10.1. The van der Waals surface area contributed by atoms with Gasteiger partial charge in [0, 0.05) is 6.42 Å². The first-order valence-corrected chi connectivity index (χ1v) is 7.17. The molecule has 0 aromatic heterocycles. The van der Waals surface area contributed by atoms with Gasteiger partial charge in [-0.15, -0.1) is 0 Å². The average molecular weight is 291 g/mol. The lowest BCUT2D eigenvalue weighted by Crippen LogP contribution is -2.43. The molecule has 1 aliphatic carbocycles. The Morgan fingerprint density at radius 3 is 2.57 bits per heavy atom. The maximum Gasteiger partial charge on any atom is 0.329 e. The van der Waals surface area contributed by atoms with E-state index < -0.39 is 11.5 Å². The Kier molecular flexibility index (Phi) is 4.50. The van der Waals surface area contributed by atoms with Gasteiger partial charge in [-0.05, 0) is 56.4 Å². The highest BCUT2D eigenvalue weighted by Crippen LogP contribution is 2.35. The van der Waals surface area contributed by atoms with E-state index >= 15 is 0 Å². The molecular formula is C16H21NO4. The number of aliphatic carboxylic acids is 1. The Bertz CT molecular complexity index is 549. The SMILES string of the molecule is Cc1ccc(OCCCC(=O)NC2(C(=O)O)CC2)cc1C. The molecule has 21 heavy (non-hydrogen) atoms. The van der Waals surface area contributed by atoms with Gasteiger partial charge in [-0.25, -0.2) is 4.79 Å². The molecule has 0 spiro atoms. The van der Waals surface area contributed by atoms with E-state index in [0.717, 1.165) is 5.75 Å². The molecule has 1 aromatic rings. The highest BCUT2D eigenvalue weighted by molar-refractivity contribution is 5.89. The summed E-state index contributed by atoms with van der Waals surface area (Å²) in [6.07, 6.45) is 1.88. The molecule has 2 rings (SSSR count). The molecule has 0 heterocycles. The van der Waals surface area contributed by atoms with Gasteiger partial charge in [0.2, 0.25) is 5.91 Å². The van der Waals surface area contributed by atoms with Crippen LogP contribution in [0, 0.1) is 13.8 Å². The van der Waals surface area contributed by atoms with Crippen molar-refractivity contribution < 1.29 is 19.4 Å². The van der Waals surface area contributed by atoms with Crippen molar-refractivity contribution in [2.24, 2.45) is 0 Å². The van der Waals surface area contributed by atoms with E-state index in [1.54, 1.807) is 0 Å². The van der Waals surface area contributed by atoms with Crippen LogP contribution in [0.1, 0.15) is 36.8 Å². The number of amides is 1. The van der Waals surface area contributed by atoms with Gasteiger partial charge in [0.15, 0.2) is 0 Å². The molecule has 114 valence electrons. The van der Waals surface area contributed by atoms with Gasteiger partial charge in [-0.1, -0.05) is 6.07 Å². The molecule has 0 radical (unpaired) electrons. The van der Waals surface area contributed by atoms with Crippen molar-refractivity contribution in [2.75, 3.05) is 6.61 Å². The smallest absolute Gasteiger partial charge is 0.329 e. The number of rotatable bonds is 7. The van der Waals surface area contributed by atoms with Gasteiger partial charge < -0.3 is 15.2 Å². The van der Waals surface area contributed by atoms with Crippen molar-refractivity contribution in [2.45, 2.75) is 45.1 Å². The minimum absolute atomic E-state index is 0.224. The Morgan fingerprint density at radius 2 is 2.00 bits per heavy atom. The molecule has 1 aromatic carbocycles. The number of hydrogen-bond acceptors (Lipinski definition) is 3. The second-order valence-corrected chi connectivity index (χ2v) is 5.63. The summed E-state index contributed by atoms with van der Waals surface area (Å²) in [4.78, 5) is 22.6. The van der Waals surface area contributed by atoms with E-state index in [9.17, 15) is 9.59 Å². The molecule has 5 heteroatoms. The van der Waals surface area contributed by atoms with E-state index in [1.807, 2.05) is 32.0 Å². The fourth-order valence-electron chi connectivity index (χ4n) is 2.07. The summed E-state index contributed by atoms with van der Waals surface area (Å²) in [5.74, 6) is -0.372. The van der Waals surface area contributed by atoms with Crippen LogP contribution in [0.25, 0.3) is 0 Å². The first kappa shape index (κ1) is 15.4. The number of carbonyl (C=O) groups excluding carboxylic acids is 1. The second kappa shape index (κ2) is 6.16. The zero-order valence-corrected chi connectivity index (χ0v) is 12.4. The zero-order chi connectivity index (χ0) is 15.5. The van der Waals surface area contributed by atoms with Crippen LogP contribution in [0.2, 0.25) is 0 Å². The molecule has 0 aliphatic heterocycles. The quantitative estimate of drug-likeness (QED) is 0.755. The van der Waals surface area contributed by atoms with Crippen LogP contribution in [0.15, 0.2) is 18.2 Å². The maximum absolute atomic E-state index is 11.7. The fourth-order valence-corrected chi connectivity index (χ4v) is 2.07. The van der Waals surface area contributed by atoms with Crippen molar-refractivity contribution in [3.05, 3.63) is 29.3 Å². The van der Waals surface area contributed by atoms with E-state index in [4.69, 9.17) is 9.84 Å². The largest absolute Gasteiger partial charge is 0.494 e. The standard InChI is InChI=1S/C16H21NO4/c1-11-5-6-13(10-12(11)2)21-9-3-4-14(18)17-16(7-8-16)15(19)20/h5-6,10H,3-4,7-9H2,1-2H3,(H,17,18)(H,19,20). The predicted molar refractivity (Wildman–Crippen MR) is 78.4 cm³/mol. The Balaban J connectivity index is 1.69. The van der Waals surface area contributed by atoms with Crippen LogP contribution in [0.3, 0.4) is 0 Å². The molecule has 0 unspecified atom stereocenters. The summed E-state index contributed by atoms with van der Waals surface area (Å²) in [6.45, 7) is 4.51. The summed E-state index contributed by atoms with van der Waals surface area (Å²) >= 11 is 0. The number of carbonyl (C=O) groups is 2. The van der Waals surface area contributed by atoms with E-state index in [-0.39, 0.29) is 12.3 Å². The number of nitrogens with one attached hydrogen (secondary N) is 1. The van der Waals surface area contributed by atoms with Gasteiger partial charge in [0.25, 0.3) is 0 Å². The number of carboxylic acids is 1. The van der Waals surface area contributed by atoms with Crippen molar-refractivity contribution in [1.29, 1.82) is 0 Å². The van der Waals surface area contributed by atoms with Crippen molar-refractivity contribution >= 4 is 11.9 Å². The van der Waals surface area contributed by atoms with E-state index in [1.165, 1.54) is 11.1 Å². The third-order valence-electron chi connectivity index (χ3n) is 3.83. The average Bonchev–Trinajstić information content (AvgIpc) is 3.20. The number of aryl methyl sites for hydroxylation is 2. The molecule has 1 aliphatic rings. The monoisotopic (exact) mass is 291 g/mol. The summed E-state index contributed by atoms with van der Waals surface area (Å²) in [6, 6.07) is 5.88. The molecular weight excluding hydrogens is 270 g/mol. The minimum Gasteiger partial charge on any atom is -0.494 e. The molecule has 1 amide bonds. The molecule has 0 saturated heterocycles. The van der Waals surface area contributed by atoms with Crippen LogP contribution >= 0.6 is 0 Å². The normalized spacial score (nSPS) is 15.3. The summed E-state index contributed by atoms with van der Waals surface area (Å²) in [5, 5.41) is 11.6. The highest BCUT2D eigenvalue weighted by Gasteiger charge is 2.51. The van der Waals surface area contributed by atoms with Crippen LogP contribution in [0.5, 0.6) is 5.75 Å². The third-order valence-corrected chi connectivity index (χ3v) is 3.83. The van der Waals surface area contributed by atoms with Crippen molar-refractivity contribution in [3.63, 3.8) is 0 Å². The Morgan fingerprint density at radius 1 is 1.29 bits per heavy atom. The zero-order valence-electron chi connectivity index (χ0n) is 12.4. The van der Waals surface area contributed by atoms with Gasteiger partial charge in [-0.3, -0.25) is 4.79 Å². The van der Waals surface area contributed by atoms with Gasteiger partial charge >= 0.3 is 5.97 Å². The first-order valence-electron chi connectivity index (χ1n) is 7.17. The fraction of sp³-hybridized carbons (Fsp3) is 0.500. The minimum atomic E-state index is -0.994. The van der Waals surface area contributed by atoms with Crippen molar-refractivity contribution in [1.82, 2.24) is 5.32 Å². The lowest BCUT2D eigenvalue weighted by Gasteiger charge is -2.12. The number of benzene rings is 1. The molecule has 1 saturated carbocycles. The predicted octanol–water partition coefficient (Wildman–Crippen LogP) is 2.20. The number of ether oxygens (including phenoxy) is 1. The Labute approximate surface area is 124 Å². The number of hydrogen-bond donors (Lipinski definition) is 2.